The van der Waals surface area contributed by atoms with Gasteiger partial charge >= 0.3 is 0 Å². The molecular formula is C15H26N4S. The lowest BCUT2D eigenvalue weighted by atomic mass is 10.3. The summed E-state index contributed by atoms with van der Waals surface area (Å²) in [4.78, 5) is 11.3. The molecule has 0 aliphatic carbocycles. The van der Waals surface area contributed by atoms with E-state index in [2.05, 4.69) is 46.1 Å². The molecule has 0 bridgehead atoms. The maximum atomic E-state index is 4.67. The second-order valence-electron chi connectivity index (χ2n) is 4.70. The Bertz CT molecular complexity index is 425. The van der Waals surface area contributed by atoms with Gasteiger partial charge in [-0.15, -0.1) is 17.9 Å². The van der Waals surface area contributed by atoms with Crippen molar-refractivity contribution in [1.82, 2.24) is 15.2 Å². The lowest BCUT2D eigenvalue weighted by molar-refractivity contribution is 0.470. The molecule has 1 rings (SSSR count). The monoisotopic (exact) mass is 294 g/mol. The first-order valence-corrected chi connectivity index (χ1v) is 8.06. The van der Waals surface area contributed by atoms with Gasteiger partial charge in [0.25, 0.3) is 0 Å². The van der Waals surface area contributed by atoms with Crippen molar-refractivity contribution in [3.63, 3.8) is 0 Å². The Morgan fingerprint density at radius 3 is 3.00 bits per heavy atom. The van der Waals surface area contributed by atoms with Crippen molar-refractivity contribution in [2.24, 2.45) is 4.99 Å². The summed E-state index contributed by atoms with van der Waals surface area (Å²) < 4.78 is 0. The van der Waals surface area contributed by atoms with E-state index in [1.807, 2.05) is 13.0 Å². The number of hydrogen-bond donors (Lipinski definition) is 1. The number of hydrogen-bond acceptors (Lipinski definition) is 3. The van der Waals surface area contributed by atoms with Crippen LogP contribution in [0.25, 0.3) is 0 Å². The topological polar surface area (TPSA) is 40.5 Å². The third kappa shape index (κ3) is 6.19. The summed E-state index contributed by atoms with van der Waals surface area (Å²) in [6, 6.07) is 0. The Hall–Kier alpha value is -1.36. The van der Waals surface area contributed by atoms with Gasteiger partial charge in [0.05, 0.1) is 10.7 Å². The predicted molar refractivity (Wildman–Crippen MR) is 88.6 cm³/mol. The van der Waals surface area contributed by atoms with E-state index < -0.39 is 0 Å². The summed E-state index contributed by atoms with van der Waals surface area (Å²) in [5.74, 6) is 0.975. The van der Waals surface area contributed by atoms with Gasteiger partial charge < -0.3 is 10.2 Å². The van der Waals surface area contributed by atoms with E-state index in [4.69, 9.17) is 0 Å². The number of allylic oxidation sites excluding steroid dienone is 1. The van der Waals surface area contributed by atoms with Crippen LogP contribution in [0.3, 0.4) is 0 Å². The fourth-order valence-corrected chi connectivity index (χ4v) is 2.49. The van der Waals surface area contributed by atoms with Gasteiger partial charge in [0.15, 0.2) is 5.96 Å². The van der Waals surface area contributed by atoms with Crippen LogP contribution in [0.4, 0.5) is 0 Å². The van der Waals surface area contributed by atoms with E-state index in [0.717, 1.165) is 55.6 Å². The van der Waals surface area contributed by atoms with E-state index in [9.17, 15) is 0 Å². The number of guanidine groups is 1. The molecule has 0 amide bonds. The first kappa shape index (κ1) is 16.7. The number of nitrogens with zero attached hydrogens (tertiary/aromatic N) is 3. The smallest absolute Gasteiger partial charge is 0.193 e. The van der Waals surface area contributed by atoms with Crippen LogP contribution in [0, 0.1) is 6.92 Å². The van der Waals surface area contributed by atoms with Crippen molar-refractivity contribution in [3.05, 3.63) is 28.7 Å². The largest absolute Gasteiger partial charge is 0.357 e. The maximum absolute atomic E-state index is 4.67. The fraction of sp³-hybridized carbons (Fsp3) is 0.600. The Morgan fingerprint density at radius 2 is 2.40 bits per heavy atom. The van der Waals surface area contributed by atoms with Crippen LogP contribution in [-0.2, 0) is 6.42 Å². The number of aryl methyl sites for hydroxylation is 1. The molecule has 1 N–H and O–H groups in total. The predicted octanol–water partition coefficient (Wildman–Crippen LogP) is 2.86. The van der Waals surface area contributed by atoms with E-state index in [-0.39, 0.29) is 0 Å². The second-order valence-corrected chi connectivity index (χ2v) is 5.76. The standard InChI is InChI=1S/C15H26N4S/c1-5-7-8-11-19(4)15(16-6-2)17-10-9-14-12-20-13(3)18-14/h5,12H,1,6-11H2,2-4H3,(H,16,17). The zero-order chi connectivity index (χ0) is 14.8. The summed E-state index contributed by atoms with van der Waals surface area (Å²) in [7, 11) is 2.08. The number of rotatable bonds is 8. The van der Waals surface area contributed by atoms with Crippen LogP contribution in [0.15, 0.2) is 23.0 Å². The summed E-state index contributed by atoms with van der Waals surface area (Å²) in [5.41, 5.74) is 1.14. The van der Waals surface area contributed by atoms with Crippen molar-refractivity contribution in [2.75, 3.05) is 26.7 Å². The van der Waals surface area contributed by atoms with E-state index in [1.54, 1.807) is 11.3 Å². The molecule has 1 aromatic heterocycles. The van der Waals surface area contributed by atoms with Gasteiger partial charge in [0, 0.05) is 38.5 Å². The van der Waals surface area contributed by atoms with Crippen LogP contribution < -0.4 is 5.32 Å². The zero-order valence-corrected chi connectivity index (χ0v) is 13.7. The number of unbranched alkanes of at least 4 members (excludes halogenated alkanes) is 1. The average Bonchev–Trinajstić information content (AvgIpc) is 2.83. The highest BCUT2D eigenvalue weighted by Gasteiger charge is 2.05. The summed E-state index contributed by atoms with van der Waals surface area (Å²) in [6.45, 7) is 10.5. The highest BCUT2D eigenvalue weighted by Crippen LogP contribution is 2.08. The molecule has 0 saturated carbocycles. The van der Waals surface area contributed by atoms with Crippen LogP contribution in [-0.4, -0.2) is 42.5 Å². The Labute approximate surface area is 126 Å². The number of nitrogens with one attached hydrogen (secondary N) is 1. The molecule has 0 spiro atoms. The third-order valence-electron chi connectivity index (χ3n) is 2.89. The van der Waals surface area contributed by atoms with E-state index in [1.165, 1.54) is 0 Å². The van der Waals surface area contributed by atoms with Gasteiger partial charge in [-0.1, -0.05) is 6.08 Å². The molecule has 1 heterocycles. The molecule has 0 atom stereocenters. The summed E-state index contributed by atoms with van der Waals surface area (Å²) in [6.07, 6.45) is 5.01. The third-order valence-corrected chi connectivity index (χ3v) is 3.72. The van der Waals surface area contributed by atoms with E-state index in [0.29, 0.717) is 0 Å². The Morgan fingerprint density at radius 1 is 1.60 bits per heavy atom. The van der Waals surface area contributed by atoms with Crippen LogP contribution in [0.5, 0.6) is 0 Å². The molecule has 0 fully saturated rings. The highest BCUT2D eigenvalue weighted by molar-refractivity contribution is 7.09. The average molecular weight is 294 g/mol. The summed E-state index contributed by atoms with van der Waals surface area (Å²) >= 11 is 1.70. The molecule has 0 aliphatic heterocycles. The first-order chi connectivity index (χ1) is 9.67. The normalized spacial score (nSPS) is 11.4. The van der Waals surface area contributed by atoms with Gasteiger partial charge in [0.1, 0.15) is 0 Å². The molecular weight excluding hydrogens is 268 g/mol. The van der Waals surface area contributed by atoms with Crippen molar-refractivity contribution >= 4 is 17.3 Å². The Balaban J connectivity index is 2.46. The fourth-order valence-electron chi connectivity index (χ4n) is 1.85. The molecule has 112 valence electrons. The van der Waals surface area contributed by atoms with Crippen molar-refractivity contribution in [3.8, 4) is 0 Å². The summed E-state index contributed by atoms with van der Waals surface area (Å²) in [5, 5.41) is 6.57. The van der Waals surface area contributed by atoms with Crippen LogP contribution in [0.2, 0.25) is 0 Å². The minimum atomic E-state index is 0.775. The molecule has 4 nitrogen and oxygen atoms in total. The highest BCUT2D eigenvalue weighted by atomic mass is 32.1. The molecule has 0 radical (unpaired) electrons. The zero-order valence-electron chi connectivity index (χ0n) is 12.9. The number of aliphatic imine (C=N–C) groups is 1. The van der Waals surface area contributed by atoms with Crippen LogP contribution in [0.1, 0.15) is 30.5 Å². The minimum absolute atomic E-state index is 0.775. The quantitative estimate of drug-likeness (QED) is 0.347. The van der Waals surface area contributed by atoms with Crippen LogP contribution >= 0.6 is 11.3 Å². The van der Waals surface area contributed by atoms with Crippen molar-refractivity contribution in [2.45, 2.75) is 33.1 Å². The molecule has 1 aromatic rings. The SMILES string of the molecule is C=CCCCN(C)C(=NCCc1csc(C)n1)NCC. The number of aromatic nitrogens is 1. The van der Waals surface area contributed by atoms with Gasteiger partial charge in [0.2, 0.25) is 0 Å². The molecule has 0 aromatic carbocycles. The lowest BCUT2D eigenvalue weighted by Crippen LogP contribution is -2.39. The van der Waals surface area contributed by atoms with Crippen molar-refractivity contribution in [1.29, 1.82) is 0 Å². The first-order valence-electron chi connectivity index (χ1n) is 7.18. The molecule has 5 heteroatoms. The molecule has 0 aliphatic rings. The maximum Gasteiger partial charge on any atom is 0.193 e. The number of thiazole rings is 1. The van der Waals surface area contributed by atoms with Gasteiger partial charge in [-0.25, -0.2) is 4.98 Å². The molecule has 0 unspecified atom stereocenters. The minimum Gasteiger partial charge on any atom is -0.357 e. The second kappa shape index (κ2) is 9.53. The van der Waals surface area contributed by atoms with Gasteiger partial charge in [-0.05, 0) is 26.7 Å². The molecule has 0 saturated heterocycles. The lowest BCUT2D eigenvalue weighted by Gasteiger charge is -2.21. The van der Waals surface area contributed by atoms with E-state index >= 15 is 0 Å². The van der Waals surface area contributed by atoms with Gasteiger partial charge in [-0.2, -0.15) is 0 Å². The van der Waals surface area contributed by atoms with Gasteiger partial charge in [-0.3, -0.25) is 4.99 Å². The Kier molecular flexibility index (Phi) is 7.95. The molecule has 20 heavy (non-hydrogen) atoms. The van der Waals surface area contributed by atoms with Crippen molar-refractivity contribution < 1.29 is 0 Å².